The first-order valence-electron chi connectivity index (χ1n) is 10.2. The Labute approximate surface area is 181 Å². The van der Waals surface area contributed by atoms with Crippen LogP contribution < -0.4 is 8.92 Å². The molecule has 8 nitrogen and oxygen atoms in total. The van der Waals surface area contributed by atoms with E-state index in [1.165, 1.54) is 6.07 Å². The van der Waals surface area contributed by atoms with Gasteiger partial charge in [-0.1, -0.05) is 6.07 Å². The molecule has 2 aliphatic carbocycles. The Morgan fingerprint density at radius 3 is 2.62 bits per heavy atom. The molecular formula is C20H20F3NO7S. The fraction of sp³-hybridized carbons (Fsp3) is 0.600. The van der Waals surface area contributed by atoms with Gasteiger partial charge in [-0.25, -0.2) is 0 Å². The molecule has 32 heavy (non-hydrogen) atoms. The summed E-state index contributed by atoms with van der Waals surface area (Å²) in [6.45, 7) is 1.13. The third kappa shape index (κ3) is 2.24. The molecule has 6 rings (SSSR count). The summed E-state index contributed by atoms with van der Waals surface area (Å²) in [4.78, 5) is 2.04. The maximum absolute atomic E-state index is 13.0. The zero-order valence-electron chi connectivity index (χ0n) is 16.9. The van der Waals surface area contributed by atoms with Crippen LogP contribution in [0.25, 0.3) is 0 Å². The molecule has 3 aliphatic heterocycles. The summed E-state index contributed by atoms with van der Waals surface area (Å²) < 4.78 is 85.0. The third-order valence-corrected chi connectivity index (χ3v) is 8.49. The van der Waals surface area contributed by atoms with E-state index >= 15 is 0 Å². The molecule has 3 unspecified atom stereocenters. The summed E-state index contributed by atoms with van der Waals surface area (Å²) in [7, 11) is -4.01. The number of alkyl halides is 3. The van der Waals surface area contributed by atoms with Crippen molar-refractivity contribution in [1.82, 2.24) is 4.90 Å². The molecule has 2 saturated heterocycles. The van der Waals surface area contributed by atoms with Gasteiger partial charge in [-0.2, -0.15) is 21.6 Å². The van der Waals surface area contributed by atoms with Crippen molar-refractivity contribution in [3.8, 4) is 11.5 Å². The van der Waals surface area contributed by atoms with Crippen molar-refractivity contribution < 1.29 is 45.1 Å². The summed E-state index contributed by atoms with van der Waals surface area (Å²) in [5.41, 5.74) is -6.91. The SMILES string of the molecule is CN1CCC23c4c5ccc(OS(=O)(=O)C(F)(F)F)c4OC2C2(C=CC3(O)[C@H]1C5)OCCO2. The molecule has 0 saturated carbocycles. The van der Waals surface area contributed by atoms with Crippen LogP contribution in [0.2, 0.25) is 0 Å². The highest BCUT2D eigenvalue weighted by Gasteiger charge is 2.75. The van der Waals surface area contributed by atoms with Gasteiger partial charge in [0, 0.05) is 11.6 Å². The number of nitrogens with zero attached hydrogens (tertiary/aromatic N) is 1. The average Bonchev–Trinajstić information content (AvgIpc) is 3.31. The van der Waals surface area contributed by atoms with Crippen LogP contribution in [0, 0.1) is 0 Å². The molecule has 4 atom stereocenters. The van der Waals surface area contributed by atoms with E-state index in [-0.39, 0.29) is 25.0 Å². The maximum Gasteiger partial charge on any atom is 0.534 e. The minimum absolute atomic E-state index is 0.121. The standard InChI is InChI=1S/C20H20F3NO7S/c1-24-7-6-17-14-11-2-3-12(31-32(26,27)20(21,22)23)15(14)30-16(17)19(28-8-9-29-19)5-4-18(17,25)13(24)10-11/h2-5,13,16,25H,6-10H2,1H3/t13-,16?,17?,18?/m1/s1. The minimum Gasteiger partial charge on any atom is -0.479 e. The molecule has 0 aromatic heterocycles. The molecule has 5 aliphatic rings. The number of hydrogen-bond donors (Lipinski definition) is 1. The van der Waals surface area contributed by atoms with Crippen LogP contribution in [0.3, 0.4) is 0 Å². The van der Waals surface area contributed by atoms with Crippen LogP contribution in [-0.2, 0) is 31.4 Å². The number of fused-ring (bicyclic) bond motifs is 1. The summed E-state index contributed by atoms with van der Waals surface area (Å²) >= 11 is 0. The molecule has 0 amide bonds. The molecular weight excluding hydrogens is 455 g/mol. The van der Waals surface area contributed by atoms with Crippen molar-refractivity contribution in [2.24, 2.45) is 0 Å². The summed E-state index contributed by atoms with van der Waals surface area (Å²) in [6.07, 6.45) is 3.12. The lowest BCUT2D eigenvalue weighted by Crippen LogP contribution is -2.77. The predicted octanol–water partition coefficient (Wildman–Crippen LogP) is 1.22. The largest absolute Gasteiger partial charge is 0.534 e. The monoisotopic (exact) mass is 475 g/mol. The maximum atomic E-state index is 13.0. The molecule has 0 radical (unpaired) electrons. The number of aliphatic hydroxyl groups is 1. The van der Waals surface area contributed by atoms with E-state index in [1.54, 1.807) is 18.2 Å². The lowest BCUT2D eigenvalue weighted by molar-refractivity contribution is -0.237. The minimum atomic E-state index is -5.92. The number of hydrogen-bond acceptors (Lipinski definition) is 8. The second kappa shape index (κ2) is 5.98. The Morgan fingerprint density at radius 2 is 1.94 bits per heavy atom. The number of benzene rings is 1. The van der Waals surface area contributed by atoms with Crippen LogP contribution >= 0.6 is 0 Å². The molecule has 1 aromatic carbocycles. The van der Waals surface area contributed by atoms with Gasteiger partial charge in [0.2, 0.25) is 5.79 Å². The van der Waals surface area contributed by atoms with Crippen molar-refractivity contribution in [3.05, 3.63) is 35.4 Å². The topological polar surface area (TPSA) is 94.5 Å². The van der Waals surface area contributed by atoms with Gasteiger partial charge in [0.15, 0.2) is 17.6 Å². The van der Waals surface area contributed by atoms with E-state index in [0.29, 0.717) is 24.9 Å². The molecule has 2 spiro atoms. The van der Waals surface area contributed by atoms with Gasteiger partial charge in [-0.3, -0.25) is 4.90 Å². The predicted molar refractivity (Wildman–Crippen MR) is 102 cm³/mol. The molecule has 2 bridgehead atoms. The Morgan fingerprint density at radius 1 is 1.22 bits per heavy atom. The van der Waals surface area contributed by atoms with Crippen LogP contribution in [0.1, 0.15) is 17.5 Å². The Hall–Kier alpha value is -1.86. The van der Waals surface area contributed by atoms with Crippen molar-refractivity contribution in [2.75, 3.05) is 26.8 Å². The van der Waals surface area contributed by atoms with E-state index in [4.69, 9.17) is 14.2 Å². The number of rotatable bonds is 2. The second-order valence-corrected chi connectivity index (χ2v) is 10.4. The Kier molecular flexibility index (Phi) is 3.87. The van der Waals surface area contributed by atoms with Crippen LogP contribution in [-0.4, -0.2) is 74.3 Å². The molecule has 1 aromatic rings. The molecule has 3 heterocycles. The quantitative estimate of drug-likeness (QED) is 0.388. The van der Waals surface area contributed by atoms with E-state index < -0.39 is 44.3 Å². The number of likely N-dealkylation sites (tertiary alicyclic amines) is 1. The van der Waals surface area contributed by atoms with Crippen molar-refractivity contribution in [1.29, 1.82) is 0 Å². The first kappa shape index (κ1) is 20.7. The van der Waals surface area contributed by atoms with Crippen molar-refractivity contribution in [3.63, 3.8) is 0 Å². The van der Waals surface area contributed by atoms with Gasteiger partial charge in [0.1, 0.15) is 5.60 Å². The second-order valence-electron chi connectivity index (χ2n) is 8.91. The van der Waals surface area contributed by atoms with Gasteiger partial charge >= 0.3 is 15.6 Å². The Balaban J connectivity index is 1.59. The molecule has 12 heteroatoms. The summed E-state index contributed by atoms with van der Waals surface area (Å²) in [5.74, 6) is -2.04. The third-order valence-electron chi connectivity index (χ3n) is 7.52. The average molecular weight is 475 g/mol. The first-order valence-corrected chi connectivity index (χ1v) is 11.6. The fourth-order valence-corrected chi connectivity index (χ4v) is 6.66. The zero-order valence-corrected chi connectivity index (χ0v) is 17.7. The lowest BCUT2D eigenvalue weighted by Gasteiger charge is -2.62. The normalized spacial score (nSPS) is 36.8. The molecule has 174 valence electrons. The molecule has 2 fully saturated rings. The highest BCUT2D eigenvalue weighted by Crippen LogP contribution is 2.66. The number of piperidine rings is 1. The molecule has 1 N–H and O–H groups in total. The van der Waals surface area contributed by atoms with Gasteiger partial charge in [0.05, 0.1) is 18.6 Å². The van der Waals surface area contributed by atoms with E-state index in [2.05, 4.69) is 4.18 Å². The Bertz CT molecular complexity index is 1150. The van der Waals surface area contributed by atoms with E-state index in [1.807, 2.05) is 11.9 Å². The van der Waals surface area contributed by atoms with Crippen molar-refractivity contribution in [2.45, 2.75) is 47.3 Å². The van der Waals surface area contributed by atoms with Crippen LogP contribution in [0.15, 0.2) is 24.3 Å². The van der Waals surface area contributed by atoms with Crippen molar-refractivity contribution >= 4 is 10.1 Å². The number of ether oxygens (including phenoxy) is 3. The van der Waals surface area contributed by atoms with Crippen LogP contribution in [0.5, 0.6) is 11.5 Å². The summed E-state index contributed by atoms with van der Waals surface area (Å²) in [5, 5.41) is 12.0. The fourth-order valence-electron chi connectivity index (χ4n) is 6.20. The highest BCUT2D eigenvalue weighted by molar-refractivity contribution is 7.88. The highest BCUT2D eigenvalue weighted by atomic mass is 32.2. The van der Waals surface area contributed by atoms with E-state index in [9.17, 15) is 26.7 Å². The van der Waals surface area contributed by atoms with Gasteiger partial charge < -0.3 is 23.5 Å². The lowest BCUT2D eigenvalue weighted by atomic mass is 9.50. The van der Waals surface area contributed by atoms with E-state index in [0.717, 1.165) is 5.56 Å². The zero-order chi connectivity index (χ0) is 22.7. The van der Waals surface area contributed by atoms with Gasteiger partial charge in [0.25, 0.3) is 0 Å². The van der Waals surface area contributed by atoms with Gasteiger partial charge in [-0.05, 0) is 50.2 Å². The van der Waals surface area contributed by atoms with Gasteiger partial charge in [-0.15, -0.1) is 0 Å². The number of likely N-dealkylation sites (N-methyl/N-ethyl adjacent to an activating group) is 1. The summed E-state index contributed by atoms with van der Waals surface area (Å²) in [6, 6.07) is 2.39. The van der Waals surface area contributed by atoms with Crippen LogP contribution in [0.4, 0.5) is 13.2 Å². The number of halogens is 3. The first-order chi connectivity index (χ1) is 15.0. The smallest absolute Gasteiger partial charge is 0.479 e.